The van der Waals surface area contributed by atoms with E-state index in [4.69, 9.17) is 0 Å². The van der Waals surface area contributed by atoms with Crippen molar-refractivity contribution >= 4 is 31.6 Å². The summed E-state index contributed by atoms with van der Waals surface area (Å²) in [5.41, 5.74) is 1.02. The Bertz CT molecular complexity index is 1060. The topological polar surface area (TPSA) is 91.8 Å². The molecule has 2 aromatic rings. The standard InChI is InChI=1S/C19H22N2O5S2/c1-15(2)20(14-16-6-4-3-5-7-16)28(25,26)18-10-8-17(9-11-18)21-19(22)12-13-27(21,23)24/h3-11,15H,12-14H2,1-2H3. The molecule has 7 nitrogen and oxygen atoms in total. The zero-order valence-electron chi connectivity index (χ0n) is 15.6. The molecule has 2 aromatic carbocycles. The highest BCUT2D eigenvalue weighted by atomic mass is 32.2. The summed E-state index contributed by atoms with van der Waals surface area (Å²) in [4.78, 5) is 11.9. The van der Waals surface area contributed by atoms with Crippen molar-refractivity contribution < 1.29 is 21.6 Å². The lowest BCUT2D eigenvalue weighted by molar-refractivity contribution is -0.116. The fourth-order valence-electron chi connectivity index (χ4n) is 3.07. The van der Waals surface area contributed by atoms with Crippen LogP contribution in [0.5, 0.6) is 0 Å². The van der Waals surface area contributed by atoms with E-state index in [2.05, 4.69) is 0 Å². The van der Waals surface area contributed by atoms with Crippen LogP contribution in [0.15, 0.2) is 59.5 Å². The minimum Gasteiger partial charge on any atom is -0.273 e. The van der Waals surface area contributed by atoms with Crippen molar-refractivity contribution in [3.8, 4) is 0 Å². The molecule has 0 unspecified atom stereocenters. The second kappa shape index (κ2) is 7.65. The average molecular weight is 423 g/mol. The van der Waals surface area contributed by atoms with Gasteiger partial charge in [-0.1, -0.05) is 30.3 Å². The molecule has 0 atom stereocenters. The van der Waals surface area contributed by atoms with Crippen LogP contribution in [0, 0.1) is 0 Å². The maximum absolute atomic E-state index is 13.1. The van der Waals surface area contributed by atoms with E-state index >= 15 is 0 Å². The van der Waals surface area contributed by atoms with Gasteiger partial charge in [0.25, 0.3) is 0 Å². The molecule has 1 heterocycles. The van der Waals surface area contributed by atoms with Gasteiger partial charge in [-0.05, 0) is 43.7 Å². The third kappa shape index (κ3) is 3.96. The number of nitrogens with zero attached hydrogens (tertiary/aromatic N) is 2. The van der Waals surface area contributed by atoms with E-state index in [1.54, 1.807) is 13.8 Å². The molecule has 1 amide bonds. The Hall–Kier alpha value is -2.23. The second-order valence-electron chi connectivity index (χ2n) is 6.85. The quantitative estimate of drug-likeness (QED) is 0.713. The van der Waals surface area contributed by atoms with E-state index in [0.717, 1.165) is 9.87 Å². The second-order valence-corrected chi connectivity index (χ2v) is 10.7. The summed E-state index contributed by atoms with van der Waals surface area (Å²) in [6, 6.07) is 14.4. The van der Waals surface area contributed by atoms with Crippen LogP contribution in [0.1, 0.15) is 25.8 Å². The molecule has 1 aliphatic heterocycles. The Labute approximate surface area is 165 Å². The number of benzene rings is 2. The molecule has 0 aliphatic carbocycles. The van der Waals surface area contributed by atoms with Gasteiger partial charge in [-0.2, -0.15) is 4.31 Å². The highest BCUT2D eigenvalue weighted by Crippen LogP contribution is 2.28. The molecular formula is C19H22N2O5S2. The molecule has 0 radical (unpaired) electrons. The van der Waals surface area contributed by atoms with Crippen LogP contribution >= 0.6 is 0 Å². The number of hydrogen-bond donors (Lipinski definition) is 0. The Balaban J connectivity index is 1.91. The fourth-order valence-corrected chi connectivity index (χ4v) is 6.15. The van der Waals surface area contributed by atoms with Gasteiger partial charge < -0.3 is 0 Å². The summed E-state index contributed by atoms with van der Waals surface area (Å²) >= 11 is 0. The zero-order chi connectivity index (χ0) is 20.5. The van der Waals surface area contributed by atoms with Crippen LogP contribution in [0.3, 0.4) is 0 Å². The van der Waals surface area contributed by atoms with Gasteiger partial charge in [0, 0.05) is 19.0 Å². The molecule has 0 spiro atoms. The number of carbonyl (C=O) groups excluding carboxylic acids is 1. The summed E-state index contributed by atoms with van der Waals surface area (Å²) in [6.45, 7) is 3.82. The van der Waals surface area contributed by atoms with E-state index in [0.29, 0.717) is 0 Å². The SMILES string of the molecule is CC(C)N(Cc1ccccc1)S(=O)(=O)c1ccc(N2C(=O)CCS2(=O)=O)cc1. The smallest absolute Gasteiger partial charge is 0.243 e. The van der Waals surface area contributed by atoms with E-state index in [-0.39, 0.29) is 35.3 Å². The molecule has 0 bridgehead atoms. The van der Waals surface area contributed by atoms with Crippen molar-refractivity contribution in [2.24, 2.45) is 0 Å². The van der Waals surface area contributed by atoms with Crippen molar-refractivity contribution in [3.63, 3.8) is 0 Å². The lowest BCUT2D eigenvalue weighted by Crippen LogP contribution is -2.36. The number of amides is 1. The third-order valence-corrected chi connectivity index (χ3v) is 8.24. The zero-order valence-corrected chi connectivity index (χ0v) is 17.3. The molecular weight excluding hydrogens is 400 g/mol. The van der Waals surface area contributed by atoms with Crippen molar-refractivity contribution in [1.82, 2.24) is 4.31 Å². The maximum atomic E-state index is 13.1. The summed E-state index contributed by atoms with van der Waals surface area (Å²) < 4.78 is 52.5. The lowest BCUT2D eigenvalue weighted by Gasteiger charge is -2.26. The van der Waals surface area contributed by atoms with Gasteiger partial charge in [-0.15, -0.1) is 0 Å². The Morgan fingerprint density at radius 1 is 1.04 bits per heavy atom. The van der Waals surface area contributed by atoms with Crippen molar-refractivity contribution in [3.05, 3.63) is 60.2 Å². The maximum Gasteiger partial charge on any atom is 0.243 e. The van der Waals surface area contributed by atoms with E-state index in [1.165, 1.54) is 28.6 Å². The van der Waals surface area contributed by atoms with Gasteiger partial charge in [0.2, 0.25) is 26.0 Å². The third-order valence-electron chi connectivity index (χ3n) is 4.51. The van der Waals surface area contributed by atoms with Crippen molar-refractivity contribution in [2.75, 3.05) is 10.1 Å². The first kappa shape index (κ1) is 20.5. The van der Waals surface area contributed by atoms with Gasteiger partial charge in [0.15, 0.2) is 0 Å². The van der Waals surface area contributed by atoms with Gasteiger partial charge >= 0.3 is 0 Å². The van der Waals surface area contributed by atoms with Gasteiger partial charge in [-0.25, -0.2) is 21.1 Å². The van der Waals surface area contributed by atoms with Gasteiger partial charge in [0.1, 0.15) is 0 Å². The fraction of sp³-hybridized carbons (Fsp3) is 0.316. The van der Waals surface area contributed by atoms with Gasteiger partial charge in [0.05, 0.1) is 16.3 Å². The number of rotatable bonds is 6. The first-order valence-corrected chi connectivity index (χ1v) is 11.9. The van der Waals surface area contributed by atoms with Gasteiger partial charge in [-0.3, -0.25) is 4.79 Å². The summed E-state index contributed by atoms with van der Waals surface area (Å²) in [5, 5.41) is 0. The van der Waals surface area contributed by atoms with Crippen LogP contribution in [0.25, 0.3) is 0 Å². The molecule has 1 saturated heterocycles. The van der Waals surface area contributed by atoms with E-state index in [9.17, 15) is 21.6 Å². The number of carbonyl (C=O) groups is 1. The largest absolute Gasteiger partial charge is 0.273 e. The van der Waals surface area contributed by atoms with Crippen LogP contribution in [0.2, 0.25) is 0 Å². The molecule has 28 heavy (non-hydrogen) atoms. The first-order chi connectivity index (χ1) is 13.1. The Morgan fingerprint density at radius 2 is 1.64 bits per heavy atom. The Morgan fingerprint density at radius 3 is 2.14 bits per heavy atom. The van der Waals surface area contributed by atoms with Crippen LogP contribution < -0.4 is 4.31 Å². The molecule has 0 saturated carbocycles. The summed E-state index contributed by atoms with van der Waals surface area (Å²) in [6.07, 6.45) is -0.0689. The normalized spacial score (nSPS) is 16.9. The molecule has 3 rings (SSSR count). The highest BCUT2D eigenvalue weighted by molar-refractivity contribution is 7.94. The molecule has 1 fully saturated rings. The minimum absolute atomic E-state index is 0.0462. The van der Waals surface area contributed by atoms with E-state index < -0.39 is 26.0 Å². The molecule has 0 aromatic heterocycles. The average Bonchev–Trinajstić information content (AvgIpc) is 2.93. The lowest BCUT2D eigenvalue weighted by atomic mass is 10.2. The van der Waals surface area contributed by atoms with Crippen LogP contribution in [-0.2, 0) is 31.4 Å². The highest BCUT2D eigenvalue weighted by Gasteiger charge is 2.36. The molecule has 150 valence electrons. The predicted octanol–water partition coefficient (Wildman–Crippen LogP) is 2.35. The number of sulfonamides is 2. The first-order valence-electron chi connectivity index (χ1n) is 8.84. The number of hydrogen-bond acceptors (Lipinski definition) is 5. The monoisotopic (exact) mass is 422 g/mol. The van der Waals surface area contributed by atoms with Crippen LogP contribution in [0.4, 0.5) is 5.69 Å². The van der Waals surface area contributed by atoms with E-state index in [1.807, 2.05) is 30.3 Å². The number of anilines is 1. The predicted molar refractivity (Wildman–Crippen MR) is 107 cm³/mol. The minimum atomic E-state index is -3.80. The summed E-state index contributed by atoms with van der Waals surface area (Å²) in [7, 11) is -7.48. The van der Waals surface area contributed by atoms with Crippen LogP contribution in [-0.4, -0.2) is 38.8 Å². The molecule has 1 aliphatic rings. The van der Waals surface area contributed by atoms with Crippen molar-refractivity contribution in [1.29, 1.82) is 0 Å². The van der Waals surface area contributed by atoms with Crippen molar-refractivity contribution in [2.45, 2.75) is 37.8 Å². The molecule has 0 N–H and O–H groups in total. The summed E-state index contributed by atoms with van der Waals surface area (Å²) in [5.74, 6) is -0.743. The Kier molecular flexibility index (Phi) is 5.60. The molecule has 9 heteroatoms.